The third-order valence-electron chi connectivity index (χ3n) is 12.9. The van der Waals surface area contributed by atoms with E-state index in [1.54, 1.807) is 0 Å². The zero-order chi connectivity index (χ0) is 48.8. The van der Waals surface area contributed by atoms with Crippen molar-refractivity contribution in [1.29, 1.82) is 0 Å². The smallest absolute Gasteiger partial charge is 0.463 e. The van der Waals surface area contributed by atoms with E-state index < -0.39 is 26.5 Å². The van der Waals surface area contributed by atoms with Crippen LogP contribution in [0.5, 0.6) is 0 Å². The van der Waals surface area contributed by atoms with Gasteiger partial charge in [-0.2, -0.15) is 0 Å². The summed E-state index contributed by atoms with van der Waals surface area (Å²) in [4.78, 5) is 34.2. The van der Waals surface area contributed by atoms with Crippen LogP contribution in [0.3, 0.4) is 0 Å². The summed E-state index contributed by atoms with van der Waals surface area (Å²) in [5.74, 6) is -0.503. The lowest BCUT2D eigenvalue weighted by atomic mass is 10.0. The Morgan fingerprint density at radius 3 is 1.12 bits per heavy atom. The van der Waals surface area contributed by atoms with Crippen molar-refractivity contribution in [3.8, 4) is 0 Å². The average Bonchev–Trinajstić information content (AvgIpc) is 3.32. The largest absolute Gasteiger partial charge is 0.472 e. The second-order valence-electron chi connectivity index (χ2n) is 19.6. The van der Waals surface area contributed by atoms with E-state index in [0.29, 0.717) is 6.42 Å². The van der Waals surface area contributed by atoms with Crippen molar-refractivity contribution in [2.75, 3.05) is 26.4 Å². The first-order chi connectivity index (χ1) is 32.8. The quantitative estimate of drug-likeness (QED) is 0.0238. The Balaban J connectivity index is 3.50. The molecule has 67 heavy (non-hydrogen) atoms. The molecule has 2 atom stereocenters. The van der Waals surface area contributed by atoms with E-state index in [1.807, 2.05) is 0 Å². The number of aliphatic hydroxyl groups is 1. The van der Waals surface area contributed by atoms with Crippen molar-refractivity contribution >= 4 is 19.7 Å². The molecule has 0 aliphatic heterocycles. The molecule has 0 aromatic rings. The topological polar surface area (TPSA) is 131 Å². The second-order valence-corrected chi connectivity index (χ2v) is 21.1. The Kier molecular flexibility index (Phi) is 52.6. The van der Waals surface area contributed by atoms with E-state index >= 15 is 0 Å². The number of unbranched alkanes of at least 4 members (excludes halogenated alkanes) is 38. The molecule has 0 fully saturated rings. The van der Waals surface area contributed by atoms with Crippen molar-refractivity contribution < 1.29 is 37.9 Å². The molecular weight excluding hydrogens is 858 g/mol. The SMILES string of the molecule is CCCCCCCC/C=C/CCCCCCCCCCCCCCCC(=O)NCCOP(=O)(O)OCC(O)COC(=O)CCCCCCCCCCCCCCC/C=C/CCCCCCCC. The summed E-state index contributed by atoms with van der Waals surface area (Å²) in [5, 5.41) is 12.8. The molecule has 0 aliphatic carbocycles. The molecule has 0 heterocycles. The normalized spacial score (nSPS) is 13.2. The van der Waals surface area contributed by atoms with Crippen LogP contribution in [0.4, 0.5) is 0 Å². The van der Waals surface area contributed by atoms with Gasteiger partial charge < -0.3 is 20.1 Å². The van der Waals surface area contributed by atoms with Gasteiger partial charge >= 0.3 is 13.8 Å². The summed E-state index contributed by atoms with van der Waals surface area (Å²) in [6, 6.07) is 0. The molecule has 0 saturated carbocycles. The Morgan fingerprint density at radius 2 is 0.761 bits per heavy atom. The molecule has 10 heteroatoms. The minimum Gasteiger partial charge on any atom is -0.463 e. The summed E-state index contributed by atoms with van der Waals surface area (Å²) in [7, 11) is -4.42. The molecule has 0 saturated heterocycles. The molecule has 0 radical (unpaired) electrons. The molecule has 9 nitrogen and oxygen atoms in total. The van der Waals surface area contributed by atoms with Crippen molar-refractivity contribution in [3.63, 3.8) is 0 Å². The van der Waals surface area contributed by atoms with Gasteiger partial charge in [0.15, 0.2) is 0 Å². The van der Waals surface area contributed by atoms with Gasteiger partial charge in [-0.3, -0.25) is 18.6 Å². The van der Waals surface area contributed by atoms with Crippen molar-refractivity contribution in [2.24, 2.45) is 0 Å². The second kappa shape index (κ2) is 53.8. The monoisotopic (exact) mass is 968 g/mol. The number of rotatable bonds is 55. The number of hydrogen-bond donors (Lipinski definition) is 3. The third-order valence-corrected chi connectivity index (χ3v) is 13.8. The van der Waals surface area contributed by atoms with Crippen molar-refractivity contribution in [3.05, 3.63) is 24.3 Å². The maximum atomic E-state index is 12.2. The highest BCUT2D eigenvalue weighted by Crippen LogP contribution is 2.42. The molecule has 0 aromatic heterocycles. The highest BCUT2D eigenvalue weighted by atomic mass is 31.2. The lowest BCUT2D eigenvalue weighted by Gasteiger charge is -2.15. The van der Waals surface area contributed by atoms with Crippen LogP contribution in [-0.4, -0.2) is 54.3 Å². The number of ether oxygens (including phenoxy) is 1. The van der Waals surface area contributed by atoms with Gasteiger partial charge in [0.2, 0.25) is 5.91 Å². The molecule has 396 valence electrons. The van der Waals surface area contributed by atoms with Crippen LogP contribution in [-0.2, 0) is 27.9 Å². The van der Waals surface area contributed by atoms with Gasteiger partial charge in [-0.1, -0.05) is 244 Å². The lowest BCUT2D eigenvalue weighted by Crippen LogP contribution is -2.27. The molecule has 0 aliphatic rings. The van der Waals surface area contributed by atoms with E-state index in [1.165, 1.54) is 231 Å². The number of phosphoric ester groups is 1. The molecule has 0 rings (SSSR count). The maximum Gasteiger partial charge on any atom is 0.472 e. The Bertz CT molecular complexity index is 1150. The van der Waals surface area contributed by atoms with Crippen LogP contribution >= 0.6 is 7.82 Å². The fourth-order valence-electron chi connectivity index (χ4n) is 8.49. The van der Waals surface area contributed by atoms with E-state index in [-0.39, 0.29) is 32.1 Å². The number of carbonyl (C=O) groups is 2. The highest BCUT2D eigenvalue weighted by molar-refractivity contribution is 7.47. The van der Waals surface area contributed by atoms with Gasteiger partial charge in [0, 0.05) is 19.4 Å². The molecular formula is C57H110NO8P. The number of nitrogens with one attached hydrogen (secondary N) is 1. The van der Waals surface area contributed by atoms with Crippen LogP contribution in [0.15, 0.2) is 24.3 Å². The van der Waals surface area contributed by atoms with Crippen LogP contribution in [0.1, 0.15) is 296 Å². The van der Waals surface area contributed by atoms with Gasteiger partial charge in [-0.15, -0.1) is 0 Å². The Morgan fingerprint density at radius 1 is 0.448 bits per heavy atom. The standard InChI is InChI=1S/C57H110NO8P/c1-3-5-7-9-11-13-15-17-19-21-23-25-27-29-31-33-35-37-39-41-43-45-47-49-56(60)58-51-52-65-67(62,63)66-54-55(59)53-64-57(61)50-48-46-44-42-40-38-36-34-32-30-28-26-24-22-20-18-16-14-12-10-8-6-4-2/h17-20,55,59H,3-16,21-54H2,1-2H3,(H,58,60)(H,62,63)/b19-17+,20-18+. The van der Waals surface area contributed by atoms with Crippen LogP contribution in [0.25, 0.3) is 0 Å². The first-order valence-corrected chi connectivity index (χ1v) is 30.3. The van der Waals surface area contributed by atoms with Gasteiger partial charge in [-0.05, 0) is 64.2 Å². The third kappa shape index (κ3) is 55.3. The molecule has 3 N–H and O–H groups in total. The van der Waals surface area contributed by atoms with E-state index in [0.717, 1.165) is 38.5 Å². The number of carbonyl (C=O) groups excluding carboxylic acids is 2. The summed E-state index contributed by atoms with van der Waals surface area (Å²) in [5.41, 5.74) is 0. The molecule has 1 amide bonds. The number of hydrogen-bond acceptors (Lipinski definition) is 7. The lowest BCUT2D eigenvalue weighted by molar-refractivity contribution is -0.147. The van der Waals surface area contributed by atoms with Gasteiger partial charge in [0.1, 0.15) is 12.7 Å². The van der Waals surface area contributed by atoms with Crippen molar-refractivity contribution in [2.45, 2.75) is 302 Å². The molecule has 0 bridgehead atoms. The predicted octanol–water partition coefficient (Wildman–Crippen LogP) is 17.5. The Labute approximate surface area is 414 Å². The fourth-order valence-corrected chi connectivity index (χ4v) is 9.25. The van der Waals surface area contributed by atoms with Gasteiger partial charge in [-0.25, -0.2) is 4.57 Å². The zero-order valence-corrected chi connectivity index (χ0v) is 45.0. The number of allylic oxidation sites excluding steroid dienone is 4. The zero-order valence-electron chi connectivity index (χ0n) is 44.1. The number of amides is 1. The summed E-state index contributed by atoms with van der Waals surface area (Å²) >= 11 is 0. The van der Waals surface area contributed by atoms with Crippen LogP contribution in [0, 0.1) is 0 Å². The number of esters is 1. The molecule has 0 aromatic carbocycles. The molecule has 2 unspecified atom stereocenters. The van der Waals surface area contributed by atoms with E-state index in [2.05, 4.69) is 43.5 Å². The highest BCUT2D eigenvalue weighted by Gasteiger charge is 2.23. The first kappa shape index (κ1) is 65.5. The van der Waals surface area contributed by atoms with Crippen LogP contribution < -0.4 is 5.32 Å². The van der Waals surface area contributed by atoms with Gasteiger partial charge in [0.25, 0.3) is 0 Å². The number of aliphatic hydroxyl groups excluding tert-OH is 1. The number of phosphoric acid groups is 1. The Hall–Kier alpha value is -1.51. The first-order valence-electron chi connectivity index (χ1n) is 28.8. The summed E-state index contributed by atoms with van der Waals surface area (Å²) in [6.45, 7) is 3.61. The summed E-state index contributed by atoms with van der Waals surface area (Å²) < 4.78 is 27.1. The molecule has 0 spiro atoms. The maximum absolute atomic E-state index is 12.2. The van der Waals surface area contributed by atoms with Crippen molar-refractivity contribution in [1.82, 2.24) is 5.32 Å². The van der Waals surface area contributed by atoms with Gasteiger partial charge in [0.05, 0.1) is 13.2 Å². The minimum absolute atomic E-state index is 0.0851. The predicted molar refractivity (Wildman–Crippen MR) is 284 cm³/mol. The average molecular weight is 968 g/mol. The van der Waals surface area contributed by atoms with E-state index in [4.69, 9.17) is 13.8 Å². The fraction of sp³-hybridized carbons (Fsp3) is 0.895. The van der Waals surface area contributed by atoms with E-state index in [9.17, 15) is 24.2 Å². The van der Waals surface area contributed by atoms with Crippen LogP contribution in [0.2, 0.25) is 0 Å². The minimum atomic E-state index is -4.42. The summed E-state index contributed by atoms with van der Waals surface area (Å²) in [6.07, 6.45) is 62.8.